The second kappa shape index (κ2) is 5.87. The molecule has 138 valence electrons. The first-order chi connectivity index (χ1) is 9.88. The summed E-state index contributed by atoms with van der Waals surface area (Å²) < 4.78 is 88.9. The second-order valence-electron chi connectivity index (χ2n) is 6.58. The Labute approximate surface area is 129 Å². The molecule has 12 heteroatoms. The van der Waals surface area contributed by atoms with Crippen LogP contribution in [-0.4, -0.2) is 62.9 Å². The highest BCUT2D eigenvalue weighted by atomic mass is 31.2. The van der Waals surface area contributed by atoms with Crippen molar-refractivity contribution in [2.45, 2.75) is 50.1 Å². The van der Waals surface area contributed by atoms with Crippen LogP contribution in [0.2, 0.25) is 0 Å². The van der Waals surface area contributed by atoms with Crippen LogP contribution in [0, 0.1) is 0 Å². The Morgan fingerprint density at radius 3 is 1.48 bits per heavy atom. The molecule has 2 N–H and O–H groups in total. The summed E-state index contributed by atoms with van der Waals surface area (Å²) >= 11 is 0. The fourth-order valence-electron chi connectivity index (χ4n) is 3.76. The first-order valence-corrected chi connectivity index (χ1v) is 8.13. The molecular weight excluding hydrogens is 353 g/mol. The summed E-state index contributed by atoms with van der Waals surface area (Å²) in [4.78, 5) is 20.2. The van der Waals surface area contributed by atoms with E-state index in [4.69, 9.17) is 0 Å². The zero-order chi connectivity index (χ0) is 18.5. The standard InChI is InChI=1S/C11H19F6N2O3P/c1-8(4-10(12,13)14)6-18(3)7-9(2,5-11(15,16)17)19(8)23(20,21)22/h4-7H2,1-3H3,(H2,20,21,22). The fourth-order valence-corrected chi connectivity index (χ4v) is 5.28. The maximum atomic E-state index is 12.8. The van der Waals surface area contributed by atoms with Crippen LogP contribution in [0.3, 0.4) is 0 Å². The van der Waals surface area contributed by atoms with Crippen LogP contribution in [0.25, 0.3) is 0 Å². The van der Waals surface area contributed by atoms with Gasteiger partial charge in [0.05, 0.1) is 23.9 Å². The van der Waals surface area contributed by atoms with E-state index in [0.717, 1.165) is 13.8 Å². The lowest BCUT2D eigenvalue weighted by atomic mass is 9.84. The molecule has 1 heterocycles. The lowest BCUT2D eigenvalue weighted by molar-refractivity contribution is -0.194. The van der Waals surface area contributed by atoms with Crippen LogP contribution in [0.15, 0.2) is 0 Å². The van der Waals surface area contributed by atoms with E-state index in [1.807, 2.05) is 0 Å². The van der Waals surface area contributed by atoms with Gasteiger partial charge in [-0.15, -0.1) is 0 Å². The molecule has 0 aliphatic carbocycles. The average molecular weight is 372 g/mol. The number of hydrogen-bond donors (Lipinski definition) is 2. The second-order valence-corrected chi connectivity index (χ2v) is 8.00. The van der Waals surface area contributed by atoms with Crippen molar-refractivity contribution in [2.75, 3.05) is 20.1 Å². The highest BCUT2D eigenvalue weighted by Gasteiger charge is 2.60. The molecule has 1 saturated heterocycles. The molecule has 0 radical (unpaired) electrons. The smallest absolute Gasteiger partial charge is 0.312 e. The summed E-state index contributed by atoms with van der Waals surface area (Å²) in [6, 6.07) is 0. The van der Waals surface area contributed by atoms with E-state index in [0.29, 0.717) is 0 Å². The van der Waals surface area contributed by atoms with Gasteiger partial charge in [-0.3, -0.25) is 0 Å². The minimum absolute atomic E-state index is 0.105. The fraction of sp³-hybridized carbons (Fsp3) is 1.00. The van der Waals surface area contributed by atoms with Gasteiger partial charge in [0, 0.05) is 13.1 Å². The molecule has 1 rings (SSSR count). The molecule has 23 heavy (non-hydrogen) atoms. The van der Waals surface area contributed by atoms with E-state index in [1.165, 1.54) is 11.9 Å². The number of alkyl halides is 6. The van der Waals surface area contributed by atoms with Crippen molar-refractivity contribution in [2.24, 2.45) is 0 Å². The molecule has 0 aromatic heterocycles. The van der Waals surface area contributed by atoms with Gasteiger partial charge in [-0.05, 0) is 20.9 Å². The normalized spacial score (nSPS) is 32.3. The van der Waals surface area contributed by atoms with Crippen LogP contribution >= 0.6 is 7.75 Å². The Balaban J connectivity index is 3.42. The molecule has 2 atom stereocenters. The van der Waals surface area contributed by atoms with E-state index in [9.17, 15) is 40.7 Å². The first kappa shape index (κ1) is 20.7. The van der Waals surface area contributed by atoms with Crippen molar-refractivity contribution >= 4 is 7.75 Å². The maximum Gasteiger partial charge on any atom is 0.404 e. The topological polar surface area (TPSA) is 64.0 Å². The Hall–Kier alpha value is -0.350. The van der Waals surface area contributed by atoms with Gasteiger partial charge in [-0.1, -0.05) is 0 Å². The third-order valence-corrected chi connectivity index (χ3v) is 5.15. The van der Waals surface area contributed by atoms with Gasteiger partial charge in [-0.2, -0.15) is 31.0 Å². The van der Waals surface area contributed by atoms with Gasteiger partial charge in [0.15, 0.2) is 0 Å². The van der Waals surface area contributed by atoms with E-state index in [-0.39, 0.29) is 4.67 Å². The van der Waals surface area contributed by atoms with Gasteiger partial charge in [-0.25, -0.2) is 4.57 Å². The molecule has 0 amide bonds. The van der Waals surface area contributed by atoms with E-state index >= 15 is 0 Å². The minimum atomic E-state index is -5.38. The van der Waals surface area contributed by atoms with Crippen LogP contribution in [0.4, 0.5) is 26.3 Å². The highest BCUT2D eigenvalue weighted by Crippen LogP contribution is 2.57. The molecule has 0 aromatic carbocycles. The zero-order valence-corrected chi connectivity index (χ0v) is 13.6. The van der Waals surface area contributed by atoms with Gasteiger partial charge in [0.1, 0.15) is 0 Å². The number of piperazine rings is 1. The largest absolute Gasteiger partial charge is 0.404 e. The minimum Gasteiger partial charge on any atom is -0.312 e. The molecule has 2 unspecified atom stereocenters. The molecule has 1 fully saturated rings. The van der Waals surface area contributed by atoms with E-state index < -0.39 is 57.1 Å². The molecule has 0 spiro atoms. The van der Waals surface area contributed by atoms with Crippen molar-refractivity contribution in [3.8, 4) is 0 Å². The third kappa shape index (κ3) is 5.32. The Bertz CT molecular complexity index is 461. The van der Waals surface area contributed by atoms with Gasteiger partial charge < -0.3 is 14.7 Å². The number of nitrogens with zero attached hydrogens (tertiary/aromatic N) is 2. The van der Waals surface area contributed by atoms with Crippen LogP contribution in [0.1, 0.15) is 26.7 Å². The zero-order valence-electron chi connectivity index (χ0n) is 12.7. The molecule has 1 aliphatic heterocycles. The van der Waals surface area contributed by atoms with Gasteiger partial charge in [0.2, 0.25) is 0 Å². The van der Waals surface area contributed by atoms with Crippen molar-refractivity contribution in [3.63, 3.8) is 0 Å². The Morgan fingerprint density at radius 2 is 1.26 bits per heavy atom. The van der Waals surface area contributed by atoms with E-state index in [1.54, 1.807) is 0 Å². The highest BCUT2D eigenvalue weighted by molar-refractivity contribution is 7.49. The van der Waals surface area contributed by atoms with Crippen molar-refractivity contribution < 1.29 is 40.7 Å². The first-order valence-electron chi connectivity index (χ1n) is 6.56. The summed E-state index contributed by atoms with van der Waals surface area (Å²) in [5, 5.41) is 0. The van der Waals surface area contributed by atoms with Crippen LogP contribution in [0.5, 0.6) is 0 Å². The Morgan fingerprint density at radius 1 is 0.957 bits per heavy atom. The number of hydrogen-bond acceptors (Lipinski definition) is 2. The third-order valence-electron chi connectivity index (χ3n) is 3.67. The van der Waals surface area contributed by atoms with Crippen LogP contribution in [-0.2, 0) is 4.57 Å². The van der Waals surface area contributed by atoms with Crippen molar-refractivity contribution in [3.05, 3.63) is 0 Å². The number of likely N-dealkylation sites (N-methyl/N-ethyl adjacent to an activating group) is 1. The van der Waals surface area contributed by atoms with E-state index in [2.05, 4.69) is 0 Å². The lowest BCUT2D eigenvalue weighted by Crippen LogP contribution is -2.70. The summed E-state index contributed by atoms with van der Waals surface area (Å²) in [5.41, 5.74) is -4.38. The molecule has 0 bridgehead atoms. The predicted octanol–water partition coefficient (Wildman–Crippen LogP) is 2.75. The van der Waals surface area contributed by atoms with Gasteiger partial charge in [0.25, 0.3) is 0 Å². The SMILES string of the molecule is CN1CC(C)(CC(F)(F)F)N(P(=O)(O)O)C(C)(CC(F)(F)F)C1. The molecule has 1 aliphatic rings. The van der Waals surface area contributed by atoms with Gasteiger partial charge >= 0.3 is 20.1 Å². The summed E-state index contributed by atoms with van der Waals surface area (Å²) in [7, 11) is -4.06. The number of halogens is 6. The maximum absolute atomic E-state index is 12.8. The predicted molar refractivity (Wildman–Crippen MR) is 69.5 cm³/mol. The van der Waals surface area contributed by atoms with Crippen molar-refractivity contribution in [1.29, 1.82) is 0 Å². The summed E-state index contributed by atoms with van der Waals surface area (Å²) in [6.45, 7) is 0.990. The van der Waals surface area contributed by atoms with Crippen LogP contribution < -0.4 is 0 Å². The number of rotatable bonds is 3. The summed E-state index contributed by atoms with van der Waals surface area (Å²) in [6.07, 6.45) is -12.9. The Kier molecular flexibility index (Phi) is 5.28. The monoisotopic (exact) mass is 372 g/mol. The van der Waals surface area contributed by atoms with Crippen molar-refractivity contribution in [1.82, 2.24) is 9.57 Å². The molecular formula is C11H19F6N2O3P. The molecule has 5 nitrogen and oxygen atoms in total. The molecule has 0 aromatic rings. The summed E-state index contributed by atoms with van der Waals surface area (Å²) in [5.74, 6) is 0. The average Bonchev–Trinajstić information content (AvgIpc) is 2.01. The quantitative estimate of drug-likeness (QED) is 0.589. The molecule has 0 saturated carbocycles. The lowest BCUT2D eigenvalue weighted by Gasteiger charge is -2.57.